The summed E-state index contributed by atoms with van der Waals surface area (Å²) < 4.78 is 4.67. The van der Waals surface area contributed by atoms with Crippen LogP contribution in [-0.2, 0) is 9.53 Å². The smallest absolute Gasteiger partial charge is 0.384 e. The quantitative estimate of drug-likeness (QED) is 0.504. The second kappa shape index (κ2) is 7.52. The molecule has 0 aliphatic rings. The van der Waals surface area contributed by atoms with E-state index in [1.165, 1.54) is 0 Å². The molecule has 3 heteroatoms. The van der Waals surface area contributed by atoms with Crippen LogP contribution in [0.2, 0.25) is 0 Å². The Bertz CT molecular complexity index is 437. The minimum absolute atomic E-state index is 0.333. The number of carbonyl (C=O) groups excluding carboxylic acids is 1. The molecule has 0 aromatic heterocycles. The molecule has 1 unspecified atom stereocenters. The van der Waals surface area contributed by atoms with Crippen LogP contribution in [0, 0.1) is 18.8 Å². The van der Waals surface area contributed by atoms with Gasteiger partial charge in [0, 0.05) is 12.3 Å². The van der Waals surface area contributed by atoms with Crippen LogP contribution < -0.4 is 0 Å². The van der Waals surface area contributed by atoms with Gasteiger partial charge < -0.3 is 9.84 Å². The van der Waals surface area contributed by atoms with Crippen molar-refractivity contribution in [2.24, 2.45) is 0 Å². The average molecular weight is 246 g/mol. The topological polar surface area (TPSA) is 46.5 Å². The van der Waals surface area contributed by atoms with Gasteiger partial charge in [0.05, 0.1) is 12.7 Å². The zero-order valence-electron chi connectivity index (χ0n) is 10.8. The van der Waals surface area contributed by atoms with Crippen LogP contribution in [0.1, 0.15) is 37.0 Å². The van der Waals surface area contributed by atoms with E-state index in [4.69, 9.17) is 0 Å². The van der Waals surface area contributed by atoms with Crippen molar-refractivity contribution in [1.82, 2.24) is 0 Å². The number of carbonyl (C=O) groups is 1. The van der Waals surface area contributed by atoms with Gasteiger partial charge in [-0.25, -0.2) is 4.79 Å². The molecule has 96 valence electrons. The molecule has 0 fully saturated rings. The molecule has 1 aromatic carbocycles. The third kappa shape index (κ3) is 5.03. The van der Waals surface area contributed by atoms with Crippen molar-refractivity contribution in [3.8, 4) is 11.8 Å². The lowest BCUT2D eigenvalue weighted by molar-refractivity contribution is -0.136. The van der Waals surface area contributed by atoms with E-state index in [-0.39, 0.29) is 0 Å². The van der Waals surface area contributed by atoms with E-state index >= 15 is 0 Å². The Hall–Kier alpha value is -1.79. The Labute approximate surface area is 108 Å². The Morgan fingerprint density at radius 2 is 2.06 bits per heavy atom. The molecule has 0 spiro atoms. The number of benzene rings is 1. The molecule has 0 saturated heterocycles. The number of aliphatic hydroxyl groups excluding tert-OH is 1. The molecule has 0 amide bonds. The van der Waals surface area contributed by atoms with E-state index < -0.39 is 12.1 Å². The molecule has 1 rings (SSSR count). The maximum atomic E-state index is 10.9. The van der Waals surface area contributed by atoms with E-state index in [9.17, 15) is 9.90 Å². The van der Waals surface area contributed by atoms with Gasteiger partial charge in [-0.15, -0.1) is 0 Å². The molecule has 0 heterocycles. The largest absolute Gasteiger partial charge is 0.456 e. The third-order valence-corrected chi connectivity index (χ3v) is 2.47. The van der Waals surface area contributed by atoms with Crippen molar-refractivity contribution in [2.45, 2.75) is 32.8 Å². The van der Waals surface area contributed by atoms with Crippen LogP contribution in [-0.4, -0.2) is 17.7 Å². The van der Waals surface area contributed by atoms with Gasteiger partial charge in [0.15, 0.2) is 0 Å². The van der Waals surface area contributed by atoms with Gasteiger partial charge in [0.25, 0.3) is 0 Å². The lowest BCUT2D eigenvalue weighted by Crippen LogP contribution is -2.00. The van der Waals surface area contributed by atoms with Crippen molar-refractivity contribution in [1.29, 1.82) is 0 Å². The second-order valence-corrected chi connectivity index (χ2v) is 3.99. The summed E-state index contributed by atoms with van der Waals surface area (Å²) >= 11 is 0. The minimum atomic E-state index is -0.540. The molecule has 0 radical (unpaired) electrons. The van der Waals surface area contributed by atoms with E-state index in [1.807, 2.05) is 31.2 Å². The summed E-state index contributed by atoms with van der Waals surface area (Å²) in [5.74, 6) is 4.56. The number of aryl methyl sites for hydroxylation is 1. The zero-order valence-corrected chi connectivity index (χ0v) is 10.8. The average Bonchev–Trinajstić information content (AvgIpc) is 2.35. The van der Waals surface area contributed by atoms with Gasteiger partial charge >= 0.3 is 5.97 Å². The van der Waals surface area contributed by atoms with Gasteiger partial charge in [-0.2, -0.15) is 0 Å². The summed E-state index contributed by atoms with van der Waals surface area (Å²) in [6.07, 6.45) is 0.436. The lowest BCUT2D eigenvalue weighted by atomic mass is 10.0. The first-order valence-corrected chi connectivity index (χ1v) is 6.03. The van der Waals surface area contributed by atoms with Gasteiger partial charge in [-0.3, -0.25) is 0 Å². The van der Waals surface area contributed by atoms with Crippen molar-refractivity contribution in [3.63, 3.8) is 0 Å². The maximum absolute atomic E-state index is 10.9. The van der Waals surface area contributed by atoms with E-state index in [1.54, 1.807) is 6.92 Å². The zero-order chi connectivity index (χ0) is 13.4. The summed E-state index contributed by atoms with van der Waals surface area (Å²) in [7, 11) is 0. The minimum Gasteiger partial charge on any atom is -0.456 e. The van der Waals surface area contributed by atoms with Crippen LogP contribution in [0.25, 0.3) is 0 Å². The SMILES string of the molecule is CCOC(=O)C#CCCC(O)c1ccc(C)cc1. The highest BCUT2D eigenvalue weighted by molar-refractivity contribution is 5.88. The molecular formula is C15H18O3. The monoisotopic (exact) mass is 246 g/mol. The number of ether oxygens (including phenoxy) is 1. The molecule has 0 bridgehead atoms. The highest BCUT2D eigenvalue weighted by Gasteiger charge is 2.05. The number of hydrogen-bond donors (Lipinski definition) is 1. The first-order chi connectivity index (χ1) is 8.63. The van der Waals surface area contributed by atoms with Gasteiger partial charge in [0.1, 0.15) is 0 Å². The number of aliphatic hydroxyl groups is 1. The van der Waals surface area contributed by atoms with Crippen molar-refractivity contribution >= 4 is 5.97 Å². The third-order valence-electron chi connectivity index (χ3n) is 2.47. The van der Waals surface area contributed by atoms with Crippen molar-refractivity contribution in [3.05, 3.63) is 35.4 Å². The van der Waals surface area contributed by atoms with Crippen molar-refractivity contribution in [2.75, 3.05) is 6.61 Å². The lowest BCUT2D eigenvalue weighted by Gasteiger charge is -2.08. The fraction of sp³-hybridized carbons (Fsp3) is 0.400. The first kappa shape index (κ1) is 14.3. The van der Waals surface area contributed by atoms with Crippen LogP contribution in [0.3, 0.4) is 0 Å². The normalized spacial score (nSPS) is 11.3. The fourth-order valence-corrected chi connectivity index (χ4v) is 1.47. The van der Waals surface area contributed by atoms with E-state index in [0.717, 1.165) is 11.1 Å². The molecule has 18 heavy (non-hydrogen) atoms. The first-order valence-electron chi connectivity index (χ1n) is 6.03. The van der Waals surface area contributed by atoms with E-state index in [0.29, 0.717) is 19.4 Å². The predicted molar refractivity (Wildman–Crippen MR) is 69.8 cm³/mol. The molecule has 1 N–H and O–H groups in total. The standard InChI is InChI=1S/C15H18O3/c1-3-18-15(17)7-5-4-6-14(16)13-10-8-12(2)9-11-13/h8-11,14,16H,3-4,6H2,1-2H3. The Morgan fingerprint density at radius 1 is 1.39 bits per heavy atom. The maximum Gasteiger partial charge on any atom is 0.384 e. The number of hydrogen-bond acceptors (Lipinski definition) is 3. The molecule has 1 aromatic rings. The second-order valence-electron chi connectivity index (χ2n) is 3.99. The Kier molecular flexibility index (Phi) is 5.96. The van der Waals surface area contributed by atoms with Crippen LogP contribution in [0.15, 0.2) is 24.3 Å². The van der Waals surface area contributed by atoms with Gasteiger partial charge in [0.2, 0.25) is 0 Å². The molecule has 3 nitrogen and oxygen atoms in total. The summed E-state index contributed by atoms with van der Waals surface area (Å²) in [5, 5.41) is 9.90. The molecule has 0 aliphatic carbocycles. The van der Waals surface area contributed by atoms with Gasteiger partial charge in [-0.05, 0) is 25.8 Å². The Balaban J connectivity index is 2.39. The number of rotatable bonds is 4. The highest BCUT2D eigenvalue weighted by atomic mass is 16.5. The summed E-state index contributed by atoms with van der Waals surface area (Å²) in [4.78, 5) is 10.9. The van der Waals surface area contributed by atoms with Crippen LogP contribution in [0.5, 0.6) is 0 Å². The van der Waals surface area contributed by atoms with Gasteiger partial charge in [-0.1, -0.05) is 35.7 Å². The molecule has 0 saturated carbocycles. The summed E-state index contributed by atoms with van der Waals surface area (Å²) in [6.45, 7) is 4.07. The van der Waals surface area contributed by atoms with E-state index in [2.05, 4.69) is 16.6 Å². The highest BCUT2D eigenvalue weighted by Crippen LogP contribution is 2.18. The summed E-state index contributed by atoms with van der Waals surface area (Å²) in [5.41, 5.74) is 2.03. The predicted octanol–water partition coefficient (Wildman–Crippen LogP) is 2.38. The fourth-order valence-electron chi connectivity index (χ4n) is 1.47. The molecular weight excluding hydrogens is 228 g/mol. The molecule has 0 aliphatic heterocycles. The van der Waals surface area contributed by atoms with Crippen LogP contribution >= 0.6 is 0 Å². The Morgan fingerprint density at radius 3 is 2.67 bits per heavy atom. The number of esters is 1. The summed E-state index contributed by atoms with van der Waals surface area (Å²) in [6, 6.07) is 7.73. The van der Waals surface area contributed by atoms with Crippen LogP contribution in [0.4, 0.5) is 0 Å². The molecule has 1 atom stereocenters. The van der Waals surface area contributed by atoms with Crippen molar-refractivity contribution < 1.29 is 14.6 Å².